The number of hydrogen-bond acceptors (Lipinski definition) is 6. The van der Waals surface area contributed by atoms with Crippen LogP contribution in [-0.4, -0.2) is 47.1 Å². The van der Waals surface area contributed by atoms with Gasteiger partial charge in [-0.25, -0.2) is 0 Å². The third-order valence-electron chi connectivity index (χ3n) is 5.53. The Morgan fingerprint density at radius 1 is 1.03 bits per heavy atom. The number of thioether (sulfide) groups is 1. The van der Waals surface area contributed by atoms with Crippen LogP contribution in [0.5, 0.6) is 0 Å². The van der Waals surface area contributed by atoms with Crippen molar-refractivity contribution in [1.29, 1.82) is 0 Å². The summed E-state index contributed by atoms with van der Waals surface area (Å²) >= 11 is 1.56. The van der Waals surface area contributed by atoms with Crippen LogP contribution in [-0.2, 0) is 5.75 Å². The van der Waals surface area contributed by atoms with Gasteiger partial charge in [-0.15, -0.1) is 11.8 Å². The number of benzene rings is 2. The molecule has 0 aliphatic carbocycles. The van der Waals surface area contributed by atoms with Crippen molar-refractivity contribution in [3.63, 3.8) is 0 Å². The Morgan fingerprint density at radius 3 is 2.53 bits per heavy atom. The van der Waals surface area contributed by atoms with Crippen molar-refractivity contribution < 1.29 is 9.32 Å². The zero-order valence-electron chi connectivity index (χ0n) is 17.6. The Balaban J connectivity index is 1.42. The van der Waals surface area contributed by atoms with Crippen molar-refractivity contribution in [1.82, 2.24) is 15.0 Å². The van der Waals surface area contributed by atoms with E-state index in [1.165, 1.54) is 16.8 Å². The second kappa shape index (κ2) is 8.92. The van der Waals surface area contributed by atoms with Gasteiger partial charge >= 0.3 is 0 Å². The van der Waals surface area contributed by atoms with Crippen molar-refractivity contribution in [2.75, 3.05) is 31.1 Å². The molecule has 1 aromatic heterocycles. The van der Waals surface area contributed by atoms with Crippen molar-refractivity contribution in [2.45, 2.75) is 31.4 Å². The molecule has 2 heterocycles. The SMILES string of the molecule is Cc1nc(CSc2ccccc2C(=O)N2CCN(c3cccc(C)c3C)CC2)no1. The molecule has 30 heavy (non-hydrogen) atoms. The minimum absolute atomic E-state index is 0.0861. The summed E-state index contributed by atoms with van der Waals surface area (Å²) in [6.07, 6.45) is 0. The molecule has 156 valence electrons. The van der Waals surface area contributed by atoms with Crippen LogP contribution in [0.25, 0.3) is 0 Å². The summed E-state index contributed by atoms with van der Waals surface area (Å²) in [7, 11) is 0. The quantitative estimate of drug-likeness (QED) is 0.573. The number of aromatic nitrogens is 2. The first-order chi connectivity index (χ1) is 14.5. The molecule has 6 nitrogen and oxygen atoms in total. The van der Waals surface area contributed by atoms with Crippen molar-refractivity contribution in [2.24, 2.45) is 0 Å². The maximum Gasteiger partial charge on any atom is 0.255 e. The van der Waals surface area contributed by atoms with E-state index in [-0.39, 0.29) is 5.91 Å². The third kappa shape index (κ3) is 4.36. The fourth-order valence-electron chi connectivity index (χ4n) is 3.71. The molecule has 0 N–H and O–H groups in total. The maximum absolute atomic E-state index is 13.2. The number of carbonyl (C=O) groups excluding carboxylic acids is 1. The zero-order valence-corrected chi connectivity index (χ0v) is 18.4. The van der Waals surface area contributed by atoms with Gasteiger partial charge in [-0.3, -0.25) is 4.79 Å². The first-order valence-electron chi connectivity index (χ1n) is 10.1. The summed E-state index contributed by atoms with van der Waals surface area (Å²) in [6.45, 7) is 9.20. The monoisotopic (exact) mass is 422 g/mol. The summed E-state index contributed by atoms with van der Waals surface area (Å²) in [5, 5.41) is 3.94. The van der Waals surface area contributed by atoms with E-state index < -0.39 is 0 Å². The molecule has 0 unspecified atom stereocenters. The highest BCUT2D eigenvalue weighted by Crippen LogP contribution is 2.28. The van der Waals surface area contributed by atoms with E-state index in [0.29, 0.717) is 17.5 Å². The smallest absolute Gasteiger partial charge is 0.255 e. The Bertz CT molecular complexity index is 1040. The Morgan fingerprint density at radius 2 is 1.80 bits per heavy atom. The minimum Gasteiger partial charge on any atom is -0.368 e. The summed E-state index contributed by atoms with van der Waals surface area (Å²) in [5.41, 5.74) is 4.63. The van der Waals surface area contributed by atoms with Gasteiger partial charge < -0.3 is 14.3 Å². The number of amides is 1. The molecule has 0 spiro atoms. The summed E-state index contributed by atoms with van der Waals surface area (Å²) < 4.78 is 5.03. The van der Waals surface area contributed by atoms with E-state index >= 15 is 0 Å². The van der Waals surface area contributed by atoms with Gasteiger partial charge in [-0.05, 0) is 43.2 Å². The lowest BCUT2D eigenvalue weighted by atomic mass is 10.1. The van der Waals surface area contributed by atoms with Crippen LogP contribution in [0.3, 0.4) is 0 Å². The van der Waals surface area contributed by atoms with Crippen LogP contribution < -0.4 is 4.90 Å². The van der Waals surface area contributed by atoms with Gasteiger partial charge in [0.1, 0.15) is 0 Å². The van der Waals surface area contributed by atoms with E-state index in [1.54, 1.807) is 18.7 Å². The number of nitrogens with zero attached hydrogens (tertiary/aromatic N) is 4. The van der Waals surface area contributed by atoms with Crippen LogP contribution in [0.1, 0.15) is 33.2 Å². The first kappa shape index (κ1) is 20.5. The molecule has 0 bridgehead atoms. The van der Waals surface area contributed by atoms with Gasteiger partial charge in [-0.2, -0.15) is 4.98 Å². The van der Waals surface area contributed by atoms with E-state index in [0.717, 1.165) is 36.6 Å². The average molecular weight is 423 g/mol. The second-order valence-corrected chi connectivity index (χ2v) is 8.53. The molecule has 1 aliphatic rings. The van der Waals surface area contributed by atoms with E-state index in [4.69, 9.17) is 4.52 Å². The molecular weight excluding hydrogens is 396 g/mol. The molecule has 1 aliphatic heterocycles. The lowest BCUT2D eigenvalue weighted by molar-refractivity contribution is 0.0743. The Hall–Kier alpha value is -2.80. The van der Waals surface area contributed by atoms with E-state index in [1.807, 2.05) is 29.2 Å². The van der Waals surface area contributed by atoms with Gasteiger partial charge in [0, 0.05) is 43.7 Å². The van der Waals surface area contributed by atoms with Gasteiger partial charge in [-0.1, -0.05) is 29.4 Å². The fraction of sp³-hybridized carbons (Fsp3) is 0.348. The molecular formula is C23H26N4O2S. The number of rotatable bonds is 5. The third-order valence-corrected chi connectivity index (χ3v) is 6.60. The van der Waals surface area contributed by atoms with Crippen LogP contribution in [0.2, 0.25) is 0 Å². The molecule has 1 fully saturated rings. The second-order valence-electron chi connectivity index (χ2n) is 7.51. The van der Waals surface area contributed by atoms with Crippen molar-refractivity contribution >= 4 is 23.4 Å². The highest BCUT2D eigenvalue weighted by atomic mass is 32.2. The van der Waals surface area contributed by atoms with Gasteiger partial charge in [0.2, 0.25) is 5.89 Å². The van der Waals surface area contributed by atoms with Gasteiger partial charge in [0.05, 0.1) is 11.3 Å². The summed E-state index contributed by atoms with van der Waals surface area (Å²) in [6, 6.07) is 14.2. The molecule has 1 amide bonds. The molecule has 7 heteroatoms. The van der Waals surface area contributed by atoms with Crippen LogP contribution in [0, 0.1) is 20.8 Å². The van der Waals surface area contributed by atoms with Gasteiger partial charge in [0.25, 0.3) is 5.91 Å². The number of hydrogen-bond donors (Lipinski definition) is 0. The topological polar surface area (TPSA) is 62.5 Å². The fourth-order valence-corrected chi connectivity index (χ4v) is 4.60. The normalized spacial score (nSPS) is 14.2. The van der Waals surface area contributed by atoms with Crippen LogP contribution in [0.4, 0.5) is 5.69 Å². The van der Waals surface area contributed by atoms with Crippen molar-refractivity contribution in [3.05, 3.63) is 70.9 Å². The number of anilines is 1. The molecule has 0 atom stereocenters. The highest BCUT2D eigenvalue weighted by molar-refractivity contribution is 7.98. The zero-order chi connectivity index (χ0) is 21.1. The molecule has 0 saturated carbocycles. The van der Waals surface area contributed by atoms with Crippen LogP contribution in [0.15, 0.2) is 51.9 Å². The Kier molecular flexibility index (Phi) is 6.08. The number of aryl methyl sites for hydroxylation is 2. The average Bonchev–Trinajstić information content (AvgIpc) is 3.19. The van der Waals surface area contributed by atoms with Crippen molar-refractivity contribution in [3.8, 4) is 0 Å². The summed E-state index contributed by atoms with van der Waals surface area (Å²) in [5.74, 6) is 1.85. The number of carbonyl (C=O) groups is 1. The molecule has 1 saturated heterocycles. The van der Waals surface area contributed by atoms with E-state index in [9.17, 15) is 4.79 Å². The Labute approximate surface area is 181 Å². The minimum atomic E-state index is 0.0861. The lowest BCUT2D eigenvalue weighted by Gasteiger charge is -2.37. The standard InChI is InChI=1S/C23H26N4O2S/c1-16-7-6-9-20(17(16)2)26-11-13-27(14-12-26)23(28)19-8-4-5-10-21(19)30-15-22-24-18(3)29-25-22/h4-10H,11-15H2,1-3H3. The predicted molar refractivity (Wildman–Crippen MR) is 119 cm³/mol. The molecule has 3 aromatic rings. The number of piperazine rings is 1. The highest BCUT2D eigenvalue weighted by Gasteiger charge is 2.24. The van der Waals surface area contributed by atoms with E-state index in [2.05, 4.69) is 47.1 Å². The van der Waals surface area contributed by atoms with Crippen LogP contribution >= 0.6 is 11.8 Å². The predicted octanol–water partition coefficient (Wildman–Crippen LogP) is 4.25. The molecule has 4 rings (SSSR count). The lowest BCUT2D eigenvalue weighted by Crippen LogP contribution is -2.49. The summed E-state index contributed by atoms with van der Waals surface area (Å²) in [4.78, 5) is 22.8. The maximum atomic E-state index is 13.2. The molecule has 0 radical (unpaired) electrons. The molecule has 2 aromatic carbocycles. The first-order valence-corrected chi connectivity index (χ1v) is 11.1. The largest absolute Gasteiger partial charge is 0.368 e. The van der Waals surface area contributed by atoms with Gasteiger partial charge in [0.15, 0.2) is 5.82 Å².